The van der Waals surface area contributed by atoms with Crippen molar-refractivity contribution in [3.8, 4) is 11.1 Å². The molecule has 0 saturated heterocycles. The van der Waals surface area contributed by atoms with Gasteiger partial charge < -0.3 is 0 Å². The van der Waals surface area contributed by atoms with Crippen molar-refractivity contribution in [2.24, 2.45) is 0 Å². The fraction of sp³-hybridized carbons (Fsp3) is 0.0476. The van der Waals surface area contributed by atoms with Gasteiger partial charge in [0.05, 0.1) is 10.2 Å². The summed E-state index contributed by atoms with van der Waals surface area (Å²) < 4.78 is 1.00. The molecule has 0 bridgehead atoms. The molecule has 0 atom stereocenters. The van der Waals surface area contributed by atoms with Gasteiger partial charge in [-0.2, -0.15) is 0 Å². The maximum atomic E-state index is 12.5. The van der Waals surface area contributed by atoms with Crippen molar-refractivity contribution < 1.29 is 4.79 Å². The normalized spacial score (nSPS) is 10.8. The smallest absolute Gasteiger partial charge is 0.257 e. The summed E-state index contributed by atoms with van der Waals surface area (Å²) >= 11 is 7.58. The van der Waals surface area contributed by atoms with Crippen LogP contribution in [-0.2, 0) is 0 Å². The molecule has 0 fully saturated rings. The number of aryl methyl sites for hydroxylation is 1. The number of rotatable bonds is 3. The number of amides is 1. The predicted octanol–water partition coefficient (Wildman–Crippen LogP) is 6.18. The van der Waals surface area contributed by atoms with Gasteiger partial charge in [0.1, 0.15) is 0 Å². The number of aromatic nitrogens is 1. The van der Waals surface area contributed by atoms with Crippen LogP contribution >= 0.6 is 22.9 Å². The zero-order valence-corrected chi connectivity index (χ0v) is 15.6. The third kappa shape index (κ3) is 3.34. The summed E-state index contributed by atoms with van der Waals surface area (Å²) in [4.78, 5) is 16.9. The van der Waals surface area contributed by atoms with Gasteiger partial charge in [-0.15, -0.1) is 0 Å². The lowest BCUT2D eigenvalue weighted by atomic mass is 10.0. The van der Waals surface area contributed by atoms with Gasteiger partial charge in [-0.25, -0.2) is 4.98 Å². The van der Waals surface area contributed by atoms with Crippen LogP contribution in [0.25, 0.3) is 21.3 Å². The second kappa shape index (κ2) is 6.90. The highest BCUT2D eigenvalue weighted by Crippen LogP contribution is 2.30. The average molecular weight is 379 g/mol. The number of hydrogen-bond acceptors (Lipinski definition) is 3. The molecule has 0 spiro atoms. The van der Waals surface area contributed by atoms with Crippen molar-refractivity contribution >= 4 is 44.2 Å². The molecule has 1 amide bonds. The second-order valence-corrected chi connectivity index (χ2v) is 7.42. The van der Waals surface area contributed by atoms with Crippen LogP contribution in [0, 0.1) is 6.92 Å². The van der Waals surface area contributed by atoms with E-state index in [1.807, 2.05) is 73.7 Å². The monoisotopic (exact) mass is 378 g/mol. The maximum Gasteiger partial charge on any atom is 0.257 e. The molecule has 3 nitrogen and oxygen atoms in total. The molecule has 0 aliphatic carbocycles. The van der Waals surface area contributed by atoms with Gasteiger partial charge in [-0.3, -0.25) is 10.1 Å². The van der Waals surface area contributed by atoms with E-state index in [2.05, 4.69) is 10.3 Å². The Morgan fingerprint density at radius 3 is 2.42 bits per heavy atom. The Balaban J connectivity index is 1.55. The summed E-state index contributed by atoms with van der Waals surface area (Å²) in [6, 6.07) is 21.4. The van der Waals surface area contributed by atoms with E-state index in [4.69, 9.17) is 11.6 Å². The molecular formula is C21H15ClN2OS. The molecule has 0 aliphatic rings. The Labute approximate surface area is 160 Å². The molecular weight excluding hydrogens is 364 g/mol. The van der Waals surface area contributed by atoms with Crippen LogP contribution < -0.4 is 5.32 Å². The zero-order chi connectivity index (χ0) is 18.1. The summed E-state index contributed by atoms with van der Waals surface area (Å²) in [7, 11) is 0. The van der Waals surface area contributed by atoms with Crippen molar-refractivity contribution in [2.45, 2.75) is 6.92 Å². The number of hydrogen-bond donors (Lipinski definition) is 1. The topological polar surface area (TPSA) is 42.0 Å². The van der Waals surface area contributed by atoms with Crippen molar-refractivity contribution in [3.05, 3.63) is 82.9 Å². The third-order valence-electron chi connectivity index (χ3n) is 4.14. The number of fused-ring (bicyclic) bond motifs is 1. The first-order valence-corrected chi connectivity index (χ1v) is 9.33. The highest BCUT2D eigenvalue weighted by atomic mass is 35.5. The zero-order valence-electron chi connectivity index (χ0n) is 14.0. The Morgan fingerprint density at radius 2 is 1.69 bits per heavy atom. The standard InChI is InChI=1S/C21H15ClN2OS/c1-13-11-19-18(12-17(13)22)23-21(26-19)24-20(25)16-9-7-15(8-10-16)14-5-3-2-4-6-14/h2-12H,1H3,(H,23,24,25). The number of carbonyl (C=O) groups excluding carboxylic acids is 1. The molecule has 5 heteroatoms. The maximum absolute atomic E-state index is 12.5. The number of halogens is 1. The van der Waals surface area contributed by atoms with Gasteiger partial charge in [0.15, 0.2) is 5.13 Å². The number of anilines is 1. The van der Waals surface area contributed by atoms with E-state index >= 15 is 0 Å². The second-order valence-electron chi connectivity index (χ2n) is 5.99. The largest absolute Gasteiger partial charge is 0.298 e. The fourth-order valence-corrected chi connectivity index (χ4v) is 3.82. The number of nitrogens with zero attached hydrogens (tertiary/aromatic N) is 1. The summed E-state index contributed by atoms with van der Waals surface area (Å²) in [5.74, 6) is -0.175. The van der Waals surface area contributed by atoms with E-state index in [9.17, 15) is 4.79 Å². The van der Waals surface area contributed by atoms with Gasteiger partial charge in [0.2, 0.25) is 0 Å². The van der Waals surface area contributed by atoms with Gasteiger partial charge >= 0.3 is 0 Å². The molecule has 0 radical (unpaired) electrons. The predicted molar refractivity (Wildman–Crippen MR) is 109 cm³/mol. The lowest BCUT2D eigenvalue weighted by molar-refractivity contribution is 0.102. The lowest BCUT2D eigenvalue weighted by Gasteiger charge is -2.04. The Hall–Kier alpha value is -2.69. The Kier molecular flexibility index (Phi) is 4.45. The van der Waals surface area contributed by atoms with Gasteiger partial charge in [-0.05, 0) is 47.9 Å². The minimum Gasteiger partial charge on any atom is -0.298 e. The minimum absolute atomic E-state index is 0.175. The molecule has 4 rings (SSSR count). The SMILES string of the molecule is Cc1cc2sc(NC(=O)c3ccc(-c4ccccc4)cc3)nc2cc1Cl. The van der Waals surface area contributed by atoms with E-state index in [1.165, 1.54) is 11.3 Å². The highest BCUT2D eigenvalue weighted by Gasteiger charge is 2.11. The molecule has 128 valence electrons. The summed E-state index contributed by atoms with van der Waals surface area (Å²) in [5.41, 5.74) is 4.58. The number of nitrogens with one attached hydrogen (secondary N) is 1. The molecule has 26 heavy (non-hydrogen) atoms. The Bertz CT molecular complexity index is 1050. The van der Waals surface area contributed by atoms with Crippen molar-refractivity contribution in [1.29, 1.82) is 0 Å². The first kappa shape index (κ1) is 16.8. The van der Waals surface area contributed by atoms with Gasteiger partial charge in [0.25, 0.3) is 5.91 Å². The molecule has 1 aromatic heterocycles. The van der Waals surface area contributed by atoms with Crippen LogP contribution in [0.15, 0.2) is 66.7 Å². The highest BCUT2D eigenvalue weighted by molar-refractivity contribution is 7.22. The average Bonchev–Trinajstić information content (AvgIpc) is 3.04. The molecule has 3 aromatic carbocycles. The van der Waals surface area contributed by atoms with Crippen molar-refractivity contribution in [1.82, 2.24) is 4.98 Å². The third-order valence-corrected chi connectivity index (χ3v) is 5.48. The van der Waals surface area contributed by atoms with Crippen LogP contribution in [0.1, 0.15) is 15.9 Å². The summed E-state index contributed by atoms with van der Waals surface area (Å²) in [5, 5.41) is 4.12. The lowest BCUT2D eigenvalue weighted by Crippen LogP contribution is -2.11. The van der Waals surface area contributed by atoms with E-state index in [1.54, 1.807) is 0 Å². The Morgan fingerprint density at radius 1 is 1.00 bits per heavy atom. The summed E-state index contributed by atoms with van der Waals surface area (Å²) in [6.07, 6.45) is 0. The summed E-state index contributed by atoms with van der Waals surface area (Å²) in [6.45, 7) is 1.95. The van der Waals surface area contributed by atoms with Gasteiger partial charge in [0, 0.05) is 10.6 Å². The van der Waals surface area contributed by atoms with Crippen LogP contribution in [0.4, 0.5) is 5.13 Å². The minimum atomic E-state index is -0.175. The number of thiazole rings is 1. The quantitative estimate of drug-likeness (QED) is 0.462. The molecule has 1 N–H and O–H groups in total. The van der Waals surface area contributed by atoms with Gasteiger partial charge in [-0.1, -0.05) is 65.4 Å². The van der Waals surface area contributed by atoms with Crippen LogP contribution in [0.2, 0.25) is 5.02 Å². The van der Waals surface area contributed by atoms with Crippen LogP contribution in [-0.4, -0.2) is 10.9 Å². The first-order chi connectivity index (χ1) is 12.6. The molecule has 4 aromatic rings. The molecule has 1 heterocycles. The van der Waals surface area contributed by atoms with E-state index in [0.29, 0.717) is 15.7 Å². The van der Waals surface area contributed by atoms with Crippen LogP contribution in [0.3, 0.4) is 0 Å². The first-order valence-electron chi connectivity index (χ1n) is 8.14. The van der Waals surface area contributed by atoms with E-state index in [0.717, 1.165) is 26.9 Å². The number of carbonyl (C=O) groups is 1. The van der Waals surface area contributed by atoms with Crippen molar-refractivity contribution in [3.63, 3.8) is 0 Å². The fourth-order valence-electron chi connectivity index (χ4n) is 2.72. The molecule has 0 unspecified atom stereocenters. The molecule has 0 saturated carbocycles. The van der Waals surface area contributed by atoms with Crippen molar-refractivity contribution in [2.75, 3.05) is 5.32 Å². The number of benzene rings is 3. The van der Waals surface area contributed by atoms with E-state index in [-0.39, 0.29) is 5.91 Å². The van der Waals surface area contributed by atoms with E-state index < -0.39 is 0 Å². The van der Waals surface area contributed by atoms with Crippen LogP contribution in [0.5, 0.6) is 0 Å². The molecule has 0 aliphatic heterocycles.